The van der Waals surface area contributed by atoms with E-state index in [1.165, 1.54) is 10.7 Å². The van der Waals surface area contributed by atoms with E-state index in [9.17, 15) is 0 Å². The third-order valence-electron chi connectivity index (χ3n) is 4.06. The van der Waals surface area contributed by atoms with Crippen LogP contribution < -0.4 is 5.32 Å². The van der Waals surface area contributed by atoms with Gasteiger partial charge in [0.15, 0.2) is 0 Å². The van der Waals surface area contributed by atoms with E-state index in [2.05, 4.69) is 59.2 Å². The van der Waals surface area contributed by atoms with Gasteiger partial charge in [0, 0.05) is 10.8 Å². The van der Waals surface area contributed by atoms with Gasteiger partial charge < -0.3 is 5.32 Å². The van der Waals surface area contributed by atoms with Crippen LogP contribution in [0.5, 0.6) is 0 Å². The summed E-state index contributed by atoms with van der Waals surface area (Å²) in [6.45, 7) is 16.8. The van der Waals surface area contributed by atoms with Crippen LogP contribution in [0.25, 0.3) is 0 Å². The predicted molar refractivity (Wildman–Crippen MR) is 85.9 cm³/mol. The molecule has 1 aromatic heterocycles. The highest BCUT2D eigenvalue weighted by Crippen LogP contribution is 2.35. The molecule has 0 saturated carbocycles. The van der Waals surface area contributed by atoms with Crippen molar-refractivity contribution in [2.45, 2.75) is 72.3 Å². The molecule has 0 saturated heterocycles. The van der Waals surface area contributed by atoms with Crippen molar-refractivity contribution in [2.75, 3.05) is 6.54 Å². The molecule has 1 aromatic rings. The lowest BCUT2D eigenvalue weighted by Gasteiger charge is -2.35. The van der Waals surface area contributed by atoms with E-state index in [1.54, 1.807) is 11.3 Å². The van der Waals surface area contributed by atoms with Crippen molar-refractivity contribution >= 4 is 11.3 Å². The van der Waals surface area contributed by atoms with Crippen molar-refractivity contribution in [1.82, 2.24) is 10.3 Å². The molecular formula is C16H30N2S. The van der Waals surface area contributed by atoms with Crippen molar-refractivity contribution in [1.29, 1.82) is 0 Å². The van der Waals surface area contributed by atoms with E-state index in [0.717, 1.165) is 19.4 Å². The smallest absolute Gasteiger partial charge is 0.113 e. The van der Waals surface area contributed by atoms with Gasteiger partial charge in [-0.1, -0.05) is 48.0 Å². The Kier molecular flexibility index (Phi) is 5.57. The lowest BCUT2D eigenvalue weighted by molar-refractivity contribution is 0.241. The molecule has 0 aliphatic rings. The molecule has 0 bridgehead atoms. The molecule has 0 spiro atoms. The Morgan fingerprint density at radius 2 is 1.89 bits per heavy atom. The van der Waals surface area contributed by atoms with Crippen LogP contribution in [0.15, 0.2) is 5.38 Å². The second-order valence-electron chi connectivity index (χ2n) is 6.73. The molecule has 0 aromatic carbocycles. The maximum absolute atomic E-state index is 4.93. The van der Waals surface area contributed by atoms with Crippen molar-refractivity contribution in [3.63, 3.8) is 0 Å². The number of thiazole rings is 1. The van der Waals surface area contributed by atoms with Gasteiger partial charge in [0.1, 0.15) is 5.01 Å². The molecule has 1 heterocycles. The summed E-state index contributed by atoms with van der Waals surface area (Å²) in [5, 5.41) is 7.19. The number of rotatable bonds is 6. The first-order valence-corrected chi connectivity index (χ1v) is 8.35. The highest BCUT2D eigenvalue weighted by Gasteiger charge is 2.35. The second-order valence-corrected chi connectivity index (χ2v) is 7.58. The van der Waals surface area contributed by atoms with Crippen LogP contribution in [0.4, 0.5) is 0 Å². The van der Waals surface area contributed by atoms with E-state index in [1.807, 2.05) is 0 Å². The zero-order valence-corrected chi connectivity index (χ0v) is 14.4. The summed E-state index contributed by atoms with van der Waals surface area (Å²) in [7, 11) is 0. The number of nitrogens with zero attached hydrogens (tertiary/aromatic N) is 1. The Morgan fingerprint density at radius 1 is 1.26 bits per heavy atom. The normalized spacial score (nSPS) is 17.2. The monoisotopic (exact) mass is 282 g/mol. The molecule has 0 aliphatic heterocycles. The zero-order chi connectivity index (χ0) is 14.7. The van der Waals surface area contributed by atoms with Crippen LogP contribution >= 0.6 is 11.3 Å². The third-order valence-corrected chi connectivity index (χ3v) is 5.14. The lowest BCUT2D eigenvalue weighted by Crippen LogP contribution is -2.45. The third kappa shape index (κ3) is 3.79. The molecule has 0 fully saturated rings. The van der Waals surface area contributed by atoms with E-state index in [4.69, 9.17) is 4.98 Å². The minimum absolute atomic E-state index is 0.00106. The van der Waals surface area contributed by atoms with Crippen LogP contribution in [0.2, 0.25) is 0 Å². The molecule has 0 aliphatic carbocycles. The quantitative estimate of drug-likeness (QED) is 0.818. The molecule has 2 unspecified atom stereocenters. The summed E-state index contributed by atoms with van der Waals surface area (Å²) in [5.74, 6) is 0.581. The largest absolute Gasteiger partial charge is 0.305 e. The van der Waals surface area contributed by atoms with Crippen molar-refractivity contribution in [3.8, 4) is 0 Å². The van der Waals surface area contributed by atoms with Crippen LogP contribution in [-0.2, 0) is 11.0 Å². The Hall–Kier alpha value is -0.410. The topological polar surface area (TPSA) is 24.9 Å². The minimum atomic E-state index is -0.00106. The second kappa shape index (κ2) is 6.36. The minimum Gasteiger partial charge on any atom is -0.305 e. The Labute approximate surface area is 123 Å². The van der Waals surface area contributed by atoms with Crippen molar-refractivity contribution < 1.29 is 0 Å². The van der Waals surface area contributed by atoms with E-state index < -0.39 is 0 Å². The molecule has 2 atom stereocenters. The number of nitrogens with one attached hydrogen (secondary N) is 1. The highest BCUT2D eigenvalue weighted by atomic mass is 32.1. The van der Waals surface area contributed by atoms with Gasteiger partial charge in [-0.05, 0) is 25.8 Å². The van der Waals surface area contributed by atoms with Crippen molar-refractivity contribution in [2.24, 2.45) is 5.92 Å². The molecule has 0 amide bonds. The molecule has 0 radical (unpaired) electrons. The molecular weight excluding hydrogens is 252 g/mol. The van der Waals surface area contributed by atoms with Gasteiger partial charge in [-0.15, -0.1) is 11.3 Å². The first-order chi connectivity index (χ1) is 8.75. The van der Waals surface area contributed by atoms with E-state index in [-0.39, 0.29) is 11.0 Å². The molecule has 3 heteroatoms. The van der Waals surface area contributed by atoms with Gasteiger partial charge in [0.25, 0.3) is 0 Å². The molecule has 110 valence electrons. The molecule has 1 N–H and O–H groups in total. The SMILES string of the molecule is CCCNC(C)(c1nc(C(C)(C)C)cs1)C(C)CC. The molecule has 1 rings (SSSR count). The Morgan fingerprint density at radius 3 is 2.32 bits per heavy atom. The van der Waals surface area contributed by atoms with Crippen LogP contribution in [-0.4, -0.2) is 11.5 Å². The maximum Gasteiger partial charge on any atom is 0.113 e. The summed E-state index contributed by atoms with van der Waals surface area (Å²) >= 11 is 1.80. The van der Waals surface area contributed by atoms with Gasteiger partial charge in [-0.2, -0.15) is 0 Å². The van der Waals surface area contributed by atoms with Crippen LogP contribution in [0.3, 0.4) is 0 Å². The van der Waals surface area contributed by atoms with Gasteiger partial charge in [0.05, 0.1) is 11.2 Å². The Balaban J connectivity index is 3.07. The molecule has 19 heavy (non-hydrogen) atoms. The fourth-order valence-electron chi connectivity index (χ4n) is 2.11. The average Bonchev–Trinajstić information content (AvgIpc) is 2.84. The maximum atomic E-state index is 4.93. The average molecular weight is 282 g/mol. The van der Waals surface area contributed by atoms with Crippen molar-refractivity contribution in [3.05, 3.63) is 16.1 Å². The summed E-state index contributed by atoms with van der Waals surface area (Å²) < 4.78 is 0. The molecule has 2 nitrogen and oxygen atoms in total. The van der Waals surface area contributed by atoms with Gasteiger partial charge in [-0.3, -0.25) is 0 Å². The summed E-state index contributed by atoms with van der Waals surface area (Å²) in [6, 6.07) is 0. The number of aromatic nitrogens is 1. The first-order valence-electron chi connectivity index (χ1n) is 7.47. The predicted octanol–water partition coefficient (Wildman–Crippen LogP) is 4.70. The van der Waals surface area contributed by atoms with Gasteiger partial charge in [0.2, 0.25) is 0 Å². The van der Waals surface area contributed by atoms with Crippen LogP contribution in [0, 0.1) is 5.92 Å². The number of hydrogen-bond donors (Lipinski definition) is 1. The highest BCUT2D eigenvalue weighted by molar-refractivity contribution is 7.09. The zero-order valence-electron chi connectivity index (χ0n) is 13.6. The number of hydrogen-bond acceptors (Lipinski definition) is 3. The van der Waals surface area contributed by atoms with E-state index >= 15 is 0 Å². The van der Waals surface area contributed by atoms with Gasteiger partial charge >= 0.3 is 0 Å². The summed E-state index contributed by atoms with van der Waals surface area (Å²) in [5.41, 5.74) is 1.34. The van der Waals surface area contributed by atoms with Crippen LogP contribution in [0.1, 0.15) is 72.0 Å². The summed E-state index contributed by atoms with van der Waals surface area (Å²) in [6.07, 6.45) is 2.32. The first kappa shape index (κ1) is 16.6. The Bertz CT molecular complexity index is 392. The fraction of sp³-hybridized carbons (Fsp3) is 0.812. The fourth-order valence-corrected chi connectivity index (χ4v) is 3.41. The van der Waals surface area contributed by atoms with Gasteiger partial charge in [-0.25, -0.2) is 4.98 Å². The summed E-state index contributed by atoms with van der Waals surface area (Å²) in [4.78, 5) is 4.93. The lowest BCUT2D eigenvalue weighted by atomic mass is 9.85. The standard InChI is InChI=1S/C16H30N2S/c1-8-10-17-16(7,12(3)9-2)14-18-13(11-19-14)15(4,5)6/h11-12,17H,8-10H2,1-7H3. The van der Waals surface area contributed by atoms with E-state index in [0.29, 0.717) is 5.92 Å².